The highest BCUT2D eigenvalue weighted by Gasteiger charge is 2.34. The van der Waals surface area contributed by atoms with E-state index in [4.69, 9.17) is 4.74 Å². The zero-order chi connectivity index (χ0) is 19.3. The number of carbonyl (C=O) groups is 1. The van der Waals surface area contributed by atoms with Crippen LogP contribution in [0.1, 0.15) is 40.1 Å². The van der Waals surface area contributed by atoms with E-state index in [0.717, 1.165) is 29.1 Å². The molecule has 2 aliphatic heterocycles. The number of anilines is 2. The summed E-state index contributed by atoms with van der Waals surface area (Å²) in [6.45, 7) is 4.13. The summed E-state index contributed by atoms with van der Waals surface area (Å²) in [7, 11) is 0. The van der Waals surface area contributed by atoms with Crippen LogP contribution in [-0.2, 0) is 6.42 Å². The molecule has 3 aromatic carbocycles. The minimum absolute atomic E-state index is 0.00770. The van der Waals surface area contributed by atoms with Crippen LogP contribution in [0.15, 0.2) is 66.7 Å². The summed E-state index contributed by atoms with van der Waals surface area (Å²) < 4.78 is 5.85. The smallest absolute Gasteiger partial charge is 0.262 e. The Balaban J connectivity index is 1.62. The molecule has 0 saturated heterocycles. The molecule has 0 fully saturated rings. The van der Waals surface area contributed by atoms with Crippen molar-refractivity contribution in [3.8, 4) is 5.75 Å². The summed E-state index contributed by atoms with van der Waals surface area (Å²) in [5.41, 5.74) is 5.86. The maximum absolute atomic E-state index is 13.4. The lowest BCUT2D eigenvalue weighted by Crippen LogP contribution is -2.43. The quantitative estimate of drug-likeness (QED) is 0.683. The van der Waals surface area contributed by atoms with Crippen molar-refractivity contribution in [3.05, 3.63) is 89.0 Å². The number of hydrogen-bond acceptors (Lipinski definition) is 3. The summed E-state index contributed by atoms with van der Waals surface area (Å²) in [4.78, 5) is 15.3. The van der Waals surface area contributed by atoms with Crippen LogP contribution in [0.5, 0.6) is 5.75 Å². The predicted octanol–water partition coefficient (Wildman–Crippen LogP) is 5.09. The number of nitrogens with one attached hydrogen (secondary N) is 1. The maximum Gasteiger partial charge on any atom is 0.262 e. The maximum atomic E-state index is 13.4. The standard InChI is InChI=1S/C24H22N2O2/c1-15-7-10-19(11-8-15)26-23(25-21-6-4-3-5-20(21)24(26)27)17-9-12-22-18(14-17)13-16(2)28-22/h3-12,14,16,23,25H,13H2,1-2H3/t16-,23+/m0/s1. The molecule has 0 spiro atoms. The lowest BCUT2D eigenvalue weighted by molar-refractivity contribution is 0.0975. The number of para-hydroxylation sites is 1. The molecule has 2 atom stereocenters. The second kappa shape index (κ2) is 6.41. The Morgan fingerprint density at radius 1 is 1.04 bits per heavy atom. The van der Waals surface area contributed by atoms with Crippen LogP contribution in [-0.4, -0.2) is 12.0 Å². The van der Waals surface area contributed by atoms with Gasteiger partial charge in [-0.2, -0.15) is 0 Å². The van der Waals surface area contributed by atoms with Crippen LogP contribution < -0.4 is 15.0 Å². The average Bonchev–Trinajstić information content (AvgIpc) is 3.08. The van der Waals surface area contributed by atoms with Crippen LogP contribution >= 0.6 is 0 Å². The second-order valence-corrected chi connectivity index (χ2v) is 7.60. The van der Waals surface area contributed by atoms with Gasteiger partial charge in [0, 0.05) is 17.8 Å². The fourth-order valence-electron chi connectivity index (χ4n) is 4.07. The van der Waals surface area contributed by atoms with E-state index >= 15 is 0 Å². The topological polar surface area (TPSA) is 41.6 Å². The molecular formula is C24H22N2O2. The zero-order valence-corrected chi connectivity index (χ0v) is 16.0. The van der Waals surface area contributed by atoms with Crippen LogP contribution in [0.4, 0.5) is 11.4 Å². The third kappa shape index (κ3) is 2.73. The predicted molar refractivity (Wildman–Crippen MR) is 111 cm³/mol. The van der Waals surface area contributed by atoms with Gasteiger partial charge in [-0.3, -0.25) is 9.69 Å². The van der Waals surface area contributed by atoms with Crippen LogP contribution in [0.2, 0.25) is 0 Å². The lowest BCUT2D eigenvalue weighted by Gasteiger charge is -2.38. The minimum atomic E-state index is -0.272. The highest BCUT2D eigenvalue weighted by Crippen LogP contribution is 2.39. The molecule has 0 radical (unpaired) electrons. The first-order chi connectivity index (χ1) is 13.6. The highest BCUT2D eigenvalue weighted by atomic mass is 16.5. The Labute approximate surface area is 164 Å². The van der Waals surface area contributed by atoms with Gasteiger partial charge in [0.25, 0.3) is 5.91 Å². The number of fused-ring (bicyclic) bond motifs is 2. The fourth-order valence-corrected chi connectivity index (χ4v) is 4.07. The molecule has 0 bridgehead atoms. The molecule has 0 unspecified atom stereocenters. The van der Waals surface area contributed by atoms with Crippen molar-refractivity contribution in [1.29, 1.82) is 0 Å². The molecule has 4 heteroatoms. The van der Waals surface area contributed by atoms with Crippen molar-refractivity contribution in [1.82, 2.24) is 0 Å². The Morgan fingerprint density at radius 2 is 1.82 bits per heavy atom. The van der Waals surface area contributed by atoms with Crippen molar-refractivity contribution < 1.29 is 9.53 Å². The Kier molecular flexibility index (Phi) is 3.86. The van der Waals surface area contributed by atoms with E-state index in [1.165, 1.54) is 11.1 Å². The molecule has 0 aromatic heterocycles. The summed E-state index contributed by atoms with van der Waals surface area (Å²) in [5.74, 6) is 0.953. The number of carbonyl (C=O) groups excluding carboxylic acids is 1. The molecular weight excluding hydrogens is 348 g/mol. The Bertz CT molecular complexity index is 1060. The molecule has 1 amide bonds. The van der Waals surface area contributed by atoms with E-state index in [1.54, 1.807) is 0 Å². The van der Waals surface area contributed by atoms with Gasteiger partial charge in [-0.25, -0.2) is 0 Å². The van der Waals surface area contributed by atoms with Crippen molar-refractivity contribution in [2.75, 3.05) is 10.2 Å². The monoisotopic (exact) mass is 370 g/mol. The van der Waals surface area contributed by atoms with E-state index in [1.807, 2.05) is 59.5 Å². The molecule has 1 N–H and O–H groups in total. The summed E-state index contributed by atoms with van der Waals surface area (Å²) in [5, 5.41) is 3.57. The molecule has 28 heavy (non-hydrogen) atoms. The summed E-state index contributed by atoms with van der Waals surface area (Å²) in [6, 6.07) is 22.0. The number of aryl methyl sites for hydroxylation is 1. The van der Waals surface area contributed by atoms with Gasteiger partial charge >= 0.3 is 0 Å². The SMILES string of the molecule is Cc1ccc(N2C(=O)c3ccccc3N[C@H]2c2ccc3c(c2)C[C@H](C)O3)cc1. The van der Waals surface area contributed by atoms with E-state index in [2.05, 4.69) is 31.3 Å². The number of hydrogen-bond donors (Lipinski definition) is 1. The average molecular weight is 370 g/mol. The Hall–Kier alpha value is -3.27. The van der Waals surface area contributed by atoms with Gasteiger partial charge in [-0.1, -0.05) is 35.9 Å². The minimum Gasteiger partial charge on any atom is -0.490 e. The van der Waals surface area contributed by atoms with E-state index < -0.39 is 0 Å². The van der Waals surface area contributed by atoms with E-state index in [0.29, 0.717) is 5.56 Å². The fraction of sp³-hybridized carbons (Fsp3) is 0.208. The summed E-state index contributed by atoms with van der Waals surface area (Å²) >= 11 is 0. The molecule has 0 aliphatic carbocycles. The number of ether oxygens (including phenoxy) is 1. The third-order valence-corrected chi connectivity index (χ3v) is 5.47. The number of nitrogens with zero attached hydrogens (tertiary/aromatic N) is 1. The zero-order valence-electron chi connectivity index (χ0n) is 16.0. The number of rotatable bonds is 2. The molecule has 140 valence electrons. The Morgan fingerprint density at radius 3 is 2.64 bits per heavy atom. The molecule has 2 aliphatic rings. The first-order valence-electron chi connectivity index (χ1n) is 9.65. The first kappa shape index (κ1) is 16.9. The van der Waals surface area contributed by atoms with Gasteiger partial charge in [0.05, 0.1) is 5.56 Å². The van der Waals surface area contributed by atoms with E-state index in [9.17, 15) is 4.79 Å². The van der Waals surface area contributed by atoms with Crippen molar-refractivity contribution in [2.24, 2.45) is 0 Å². The molecule has 3 aromatic rings. The van der Waals surface area contributed by atoms with Gasteiger partial charge in [0.1, 0.15) is 18.0 Å². The van der Waals surface area contributed by atoms with Gasteiger partial charge in [-0.15, -0.1) is 0 Å². The molecule has 0 saturated carbocycles. The van der Waals surface area contributed by atoms with Crippen molar-refractivity contribution >= 4 is 17.3 Å². The largest absolute Gasteiger partial charge is 0.490 e. The van der Waals surface area contributed by atoms with Crippen LogP contribution in [0.3, 0.4) is 0 Å². The first-order valence-corrected chi connectivity index (χ1v) is 9.65. The lowest BCUT2D eigenvalue weighted by atomic mass is 10.00. The number of amides is 1. The van der Waals surface area contributed by atoms with Gasteiger partial charge < -0.3 is 10.1 Å². The van der Waals surface area contributed by atoms with Crippen molar-refractivity contribution in [2.45, 2.75) is 32.5 Å². The van der Waals surface area contributed by atoms with Gasteiger partial charge in [0.2, 0.25) is 0 Å². The highest BCUT2D eigenvalue weighted by molar-refractivity contribution is 6.12. The van der Waals surface area contributed by atoms with Gasteiger partial charge in [-0.05, 0) is 61.4 Å². The molecule has 4 nitrogen and oxygen atoms in total. The third-order valence-electron chi connectivity index (χ3n) is 5.47. The second-order valence-electron chi connectivity index (χ2n) is 7.60. The van der Waals surface area contributed by atoms with Gasteiger partial charge in [0.15, 0.2) is 0 Å². The van der Waals surface area contributed by atoms with Crippen LogP contribution in [0, 0.1) is 6.92 Å². The normalized spacial score (nSPS) is 20.2. The summed E-state index contributed by atoms with van der Waals surface area (Å²) in [6.07, 6.45) is 0.816. The number of benzene rings is 3. The van der Waals surface area contributed by atoms with Crippen LogP contribution in [0.25, 0.3) is 0 Å². The molecule has 5 rings (SSSR count). The van der Waals surface area contributed by atoms with Crippen molar-refractivity contribution in [3.63, 3.8) is 0 Å². The van der Waals surface area contributed by atoms with E-state index in [-0.39, 0.29) is 18.2 Å². The molecule has 2 heterocycles.